The fourth-order valence-corrected chi connectivity index (χ4v) is 7.61. The molecule has 11 nitrogen and oxygen atoms in total. The number of aliphatic hydroxyl groups is 7. The van der Waals surface area contributed by atoms with Gasteiger partial charge in [0.25, 0.3) is 0 Å². The normalized spacial score (nSPS) is 22.2. The Bertz CT molecular complexity index is 939. The minimum absolute atomic E-state index is 0.132. The van der Waals surface area contributed by atoms with Crippen LogP contribution in [0, 0.1) is 0 Å². The molecule has 0 spiro atoms. The second-order valence-electron chi connectivity index (χ2n) is 16.8. The van der Waals surface area contributed by atoms with E-state index in [9.17, 15) is 40.5 Å². The van der Waals surface area contributed by atoms with Gasteiger partial charge in [0.1, 0.15) is 36.6 Å². The number of hydrogen-bond donors (Lipinski definition) is 8. The molecule has 57 heavy (non-hydrogen) atoms. The first kappa shape index (κ1) is 53.9. The highest BCUT2D eigenvalue weighted by molar-refractivity contribution is 5.80. The summed E-state index contributed by atoms with van der Waals surface area (Å²) in [6.45, 7) is 3.41. The van der Waals surface area contributed by atoms with Gasteiger partial charge in [0.15, 0.2) is 6.29 Å². The molecule has 338 valence electrons. The van der Waals surface area contributed by atoms with E-state index >= 15 is 0 Å². The van der Waals surface area contributed by atoms with Gasteiger partial charge in [-0.25, -0.2) is 0 Å². The quantitative estimate of drug-likeness (QED) is 0.0226. The average Bonchev–Trinajstić information content (AvgIpc) is 3.21. The maximum atomic E-state index is 13.1. The van der Waals surface area contributed by atoms with Crippen LogP contribution in [-0.4, -0.2) is 110 Å². The predicted octanol–water partition coefficient (Wildman–Crippen LogP) is 7.67. The van der Waals surface area contributed by atoms with Crippen LogP contribution in [0.2, 0.25) is 0 Å². The summed E-state index contributed by atoms with van der Waals surface area (Å²) in [7, 11) is 0. The van der Waals surface area contributed by atoms with Gasteiger partial charge < -0.3 is 50.5 Å². The van der Waals surface area contributed by atoms with Crippen LogP contribution in [0.5, 0.6) is 0 Å². The SMILES string of the molecule is CCCCCCCCCCC/C=C/C[C@@H](O)[C@@H](O)[C@H](CO[C@@H]1O[C@H](CO)[C@@H](O)[C@H](O)[C@H]1O)NC(=O)[C@H](O)CCCCCCCCCCCCCCCCCCCC. The fourth-order valence-electron chi connectivity index (χ4n) is 7.61. The Labute approximate surface area is 347 Å². The van der Waals surface area contributed by atoms with Crippen molar-refractivity contribution in [3.8, 4) is 0 Å². The maximum Gasteiger partial charge on any atom is 0.249 e. The molecule has 0 aliphatic carbocycles. The molecule has 0 aromatic heterocycles. The van der Waals surface area contributed by atoms with Crippen LogP contribution < -0.4 is 5.32 Å². The Hall–Kier alpha value is -1.15. The van der Waals surface area contributed by atoms with E-state index in [-0.39, 0.29) is 12.8 Å². The lowest BCUT2D eigenvalue weighted by Gasteiger charge is -2.40. The molecule has 1 aliphatic rings. The lowest BCUT2D eigenvalue weighted by molar-refractivity contribution is -0.303. The van der Waals surface area contributed by atoms with Crippen molar-refractivity contribution >= 4 is 5.91 Å². The summed E-state index contributed by atoms with van der Waals surface area (Å²) in [5.41, 5.74) is 0. The molecule has 11 heteroatoms. The van der Waals surface area contributed by atoms with Crippen LogP contribution >= 0.6 is 0 Å². The Morgan fingerprint density at radius 2 is 1.05 bits per heavy atom. The summed E-state index contributed by atoms with van der Waals surface area (Å²) in [5, 5.41) is 75.5. The van der Waals surface area contributed by atoms with Crippen LogP contribution in [0.1, 0.15) is 206 Å². The summed E-state index contributed by atoms with van der Waals surface area (Å²) in [6, 6.07) is -1.19. The average molecular weight is 816 g/mol. The molecule has 1 fully saturated rings. The van der Waals surface area contributed by atoms with E-state index in [0.717, 1.165) is 38.5 Å². The molecule has 0 radical (unpaired) electrons. The highest BCUT2D eigenvalue weighted by atomic mass is 16.7. The summed E-state index contributed by atoms with van der Waals surface area (Å²) >= 11 is 0. The zero-order valence-corrected chi connectivity index (χ0v) is 36.3. The van der Waals surface area contributed by atoms with Gasteiger partial charge >= 0.3 is 0 Å². The third kappa shape index (κ3) is 26.6. The van der Waals surface area contributed by atoms with Gasteiger partial charge in [-0.15, -0.1) is 0 Å². The van der Waals surface area contributed by atoms with Gasteiger partial charge in [-0.3, -0.25) is 4.79 Å². The molecule has 1 amide bonds. The first-order valence-corrected chi connectivity index (χ1v) is 23.6. The lowest BCUT2D eigenvalue weighted by atomic mass is 9.99. The molecule has 1 heterocycles. The third-order valence-corrected chi connectivity index (χ3v) is 11.6. The van der Waals surface area contributed by atoms with Crippen molar-refractivity contribution in [3.05, 3.63) is 12.2 Å². The van der Waals surface area contributed by atoms with Crippen LogP contribution in [-0.2, 0) is 14.3 Å². The summed E-state index contributed by atoms with van der Waals surface area (Å²) in [4.78, 5) is 13.1. The van der Waals surface area contributed by atoms with E-state index in [1.807, 2.05) is 12.2 Å². The van der Waals surface area contributed by atoms with Gasteiger partial charge in [-0.05, 0) is 25.7 Å². The minimum Gasteiger partial charge on any atom is -0.394 e. The van der Waals surface area contributed by atoms with Gasteiger partial charge in [0.05, 0.1) is 25.4 Å². The zero-order valence-electron chi connectivity index (χ0n) is 36.3. The zero-order chi connectivity index (χ0) is 41.9. The second kappa shape index (κ2) is 36.7. The third-order valence-electron chi connectivity index (χ3n) is 11.6. The molecule has 0 bridgehead atoms. The summed E-state index contributed by atoms with van der Waals surface area (Å²) < 4.78 is 11.1. The molecular formula is C46H89NO10. The lowest BCUT2D eigenvalue weighted by Crippen LogP contribution is -2.60. The first-order chi connectivity index (χ1) is 27.7. The van der Waals surface area contributed by atoms with E-state index in [2.05, 4.69) is 19.2 Å². The van der Waals surface area contributed by atoms with E-state index in [1.54, 1.807) is 0 Å². The van der Waals surface area contributed by atoms with Crippen LogP contribution in [0.15, 0.2) is 12.2 Å². The smallest absolute Gasteiger partial charge is 0.249 e. The molecule has 0 aromatic rings. The minimum atomic E-state index is -1.67. The Morgan fingerprint density at radius 3 is 1.51 bits per heavy atom. The van der Waals surface area contributed by atoms with Gasteiger partial charge in [-0.2, -0.15) is 0 Å². The molecule has 1 aliphatic heterocycles. The largest absolute Gasteiger partial charge is 0.394 e. The molecule has 0 saturated carbocycles. The number of nitrogens with one attached hydrogen (secondary N) is 1. The number of aliphatic hydroxyl groups excluding tert-OH is 7. The highest BCUT2D eigenvalue weighted by Gasteiger charge is 2.44. The van der Waals surface area contributed by atoms with Crippen LogP contribution in [0.3, 0.4) is 0 Å². The Kier molecular flexibility index (Phi) is 34.7. The number of amides is 1. The molecule has 0 aromatic carbocycles. The molecule has 0 unspecified atom stereocenters. The summed E-state index contributed by atoms with van der Waals surface area (Å²) in [5.74, 6) is -0.712. The standard InChI is InChI=1S/C46H89NO10/c1-3-5-7-9-11-13-15-17-18-19-20-21-22-24-26-28-30-32-34-39(50)45(55)47-37(36-56-46-44(54)43(53)42(52)40(35-48)57-46)41(51)38(49)33-31-29-27-25-23-16-14-12-10-8-6-4-2/h29,31,37-44,46,48-54H,3-28,30,32-36H2,1-2H3,(H,47,55)/b31-29+/t37-,38+,39+,40+,41-,42+,43-,44+,46+/m0/s1. The molecule has 1 saturated heterocycles. The van der Waals surface area contributed by atoms with E-state index < -0.39 is 74.2 Å². The number of rotatable bonds is 39. The number of carbonyl (C=O) groups excluding carboxylic acids is 1. The number of unbranched alkanes of at least 4 members (excludes halogenated alkanes) is 26. The highest BCUT2D eigenvalue weighted by Crippen LogP contribution is 2.23. The topological polar surface area (TPSA) is 189 Å². The molecular weight excluding hydrogens is 727 g/mol. The Balaban J connectivity index is 2.44. The number of allylic oxidation sites excluding steroid dienone is 1. The van der Waals surface area contributed by atoms with Crippen LogP contribution in [0.25, 0.3) is 0 Å². The number of carbonyl (C=O) groups is 1. The molecule has 8 N–H and O–H groups in total. The van der Waals surface area contributed by atoms with E-state index in [0.29, 0.717) is 6.42 Å². The van der Waals surface area contributed by atoms with E-state index in [4.69, 9.17) is 9.47 Å². The predicted molar refractivity (Wildman–Crippen MR) is 229 cm³/mol. The van der Waals surface area contributed by atoms with Crippen molar-refractivity contribution in [1.82, 2.24) is 5.32 Å². The molecule has 1 rings (SSSR count). The number of hydrogen-bond acceptors (Lipinski definition) is 10. The number of ether oxygens (including phenoxy) is 2. The van der Waals surface area contributed by atoms with Crippen molar-refractivity contribution in [2.75, 3.05) is 13.2 Å². The van der Waals surface area contributed by atoms with Gasteiger partial charge in [-0.1, -0.05) is 193 Å². The van der Waals surface area contributed by atoms with Gasteiger partial charge in [0, 0.05) is 0 Å². The van der Waals surface area contributed by atoms with Crippen molar-refractivity contribution in [2.45, 2.75) is 262 Å². The first-order valence-electron chi connectivity index (χ1n) is 23.6. The maximum absolute atomic E-state index is 13.1. The van der Waals surface area contributed by atoms with E-state index in [1.165, 1.54) is 135 Å². The van der Waals surface area contributed by atoms with Crippen molar-refractivity contribution in [1.29, 1.82) is 0 Å². The monoisotopic (exact) mass is 816 g/mol. The summed E-state index contributed by atoms with van der Waals surface area (Å²) in [6.07, 6.45) is 27.1. The Morgan fingerprint density at radius 1 is 0.614 bits per heavy atom. The van der Waals surface area contributed by atoms with Crippen molar-refractivity contribution in [2.24, 2.45) is 0 Å². The van der Waals surface area contributed by atoms with Crippen molar-refractivity contribution < 1.29 is 50.0 Å². The second-order valence-corrected chi connectivity index (χ2v) is 16.8. The fraction of sp³-hybridized carbons (Fsp3) is 0.935. The van der Waals surface area contributed by atoms with Gasteiger partial charge in [0.2, 0.25) is 5.91 Å². The van der Waals surface area contributed by atoms with Crippen LogP contribution in [0.4, 0.5) is 0 Å². The van der Waals surface area contributed by atoms with Crippen molar-refractivity contribution in [3.63, 3.8) is 0 Å². The molecule has 9 atom stereocenters.